The minimum Gasteiger partial charge on any atom is -0.396 e. The van der Waals surface area contributed by atoms with Gasteiger partial charge in [0.2, 0.25) is 0 Å². The topological polar surface area (TPSA) is 62.2 Å². The molecule has 21 heavy (non-hydrogen) atoms. The number of aliphatic hydroxyl groups is 1. The molecule has 2 aromatic rings. The van der Waals surface area contributed by atoms with Gasteiger partial charge in [-0.05, 0) is 24.3 Å². The Kier molecular flexibility index (Phi) is 5.50. The van der Waals surface area contributed by atoms with Gasteiger partial charge < -0.3 is 10.4 Å². The van der Waals surface area contributed by atoms with Crippen molar-refractivity contribution in [3.05, 3.63) is 27.9 Å². The number of carbonyl (C=O) groups excluding carboxylic acids is 1. The van der Waals surface area contributed by atoms with Gasteiger partial charge in [0.05, 0.1) is 12.8 Å². The van der Waals surface area contributed by atoms with Crippen molar-refractivity contribution in [3.63, 3.8) is 0 Å². The lowest BCUT2D eigenvalue weighted by atomic mass is 9.83. The number of aromatic nitrogens is 1. The van der Waals surface area contributed by atoms with Crippen LogP contribution in [-0.2, 0) is 0 Å². The summed E-state index contributed by atoms with van der Waals surface area (Å²) in [4.78, 5) is 17.1. The minimum absolute atomic E-state index is 0.0864. The fraction of sp³-hybridized carbons (Fsp3) is 0.467. The first-order chi connectivity index (χ1) is 10.1. The van der Waals surface area contributed by atoms with Gasteiger partial charge in [-0.1, -0.05) is 13.8 Å². The Bertz CT molecular complexity index is 566. The van der Waals surface area contributed by atoms with Crippen molar-refractivity contribution < 1.29 is 9.90 Å². The molecule has 0 saturated heterocycles. The summed E-state index contributed by atoms with van der Waals surface area (Å²) in [6, 6.07) is 2.00. The summed E-state index contributed by atoms with van der Waals surface area (Å²) in [6.45, 7) is 4.64. The molecule has 2 aromatic heterocycles. The van der Waals surface area contributed by atoms with Gasteiger partial charge in [-0.2, -0.15) is 11.3 Å². The summed E-state index contributed by atoms with van der Waals surface area (Å²) in [7, 11) is 0. The van der Waals surface area contributed by atoms with E-state index >= 15 is 0 Å². The molecule has 0 aliphatic carbocycles. The highest BCUT2D eigenvalue weighted by atomic mass is 32.1. The van der Waals surface area contributed by atoms with Crippen molar-refractivity contribution in [1.29, 1.82) is 0 Å². The van der Waals surface area contributed by atoms with Crippen LogP contribution in [0.1, 0.15) is 36.4 Å². The smallest absolute Gasteiger partial charge is 0.263 e. The maximum atomic E-state index is 12.2. The Balaban J connectivity index is 2.01. The number of amides is 1. The van der Waals surface area contributed by atoms with E-state index in [-0.39, 0.29) is 17.9 Å². The minimum atomic E-state index is -0.226. The highest BCUT2D eigenvalue weighted by molar-refractivity contribution is 7.17. The van der Waals surface area contributed by atoms with Gasteiger partial charge in [0.15, 0.2) is 0 Å². The maximum absolute atomic E-state index is 12.2. The van der Waals surface area contributed by atoms with Crippen molar-refractivity contribution in [2.45, 2.75) is 26.7 Å². The number of thiophene rings is 1. The highest BCUT2D eigenvalue weighted by Crippen LogP contribution is 2.28. The van der Waals surface area contributed by atoms with Gasteiger partial charge in [-0.3, -0.25) is 4.79 Å². The standard InChI is InChI=1S/C15H20N2O2S2/c1-3-15(4-2,10-18)9-17-13(19)12-7-16-14(21-12)11-5-6-20-8-11/h5-8,18H,3-4,9-10H2,1-2H3,(H,17,19). The monoisotopic (exact) mass is 324 g/mol. The fourth-order valence-corrected chi connectivity index (χ4v) is 3.58. The Morgan fingerprint density at radius 2 is 2.19 bits per heavy atom. The van der Waals surface area contributed by atoms with E-state index in [1.807, 2.05) is 30.7 Å². The zero-order valence-electron chi connectivity index (χ0n) is 12.3. The van der Waals surface area contributed by atoms with Gasteiger partial charge >= 0.3 is 0 Å². The van der Waals surface area contributed by atoms with Crippen molar-refractivity contribution >= 4 is 28.6 Å². The van der Waals surface area contributed by atoms with Crippen LogP contribution in [0, 0.1) is 5.41 Å². The molecule has 4 nitrogen and oxygen atoms in total. The number of nitrogens with one attached hydrogen (secondary N) is 1. The molecule has 0 bridgehead atoms. The van der Waals surface area contributed by atoms with E-state index in [0.717, 1.165) is 23.4 Å². The van der Waals surface area contributed by atoms with Gasteiger partial charge in [-0.25, -0.2) is 4.98 Å². The number of rotatable bonds is 7. The summed E-state index contributed by atoms with van der Waals surface area (Å²) < 4.78 is 0. The van der Waals surface area contributed by atoms with Crippen LogP contribution in [0.2, 0.25) is 0 Å². The van der Waals surface area contributed by atoms with Crippen molar-refractivity contribution in [2.24, 2.45) is 5.41 Å². The third kappa shape index (κ3) is 3.70. The summed E-state index contributed by atoms with van der Waals surface area (Å²) in [5.41, 5.74) is 0.826. The molecule has 1 amide bonds. The average Bonchev–Trinajstić information content (AvgIpc) is 3.20. The van der Waals surface area contributed by atoms with Crippen molar-refractivity contribution in [1.82, 2.24) is 10.3 Å². The molecule has 114 valence electrons. The second-order valence-electron chi connectivity index (χ2n) is 5.09. The van der Waals surface area contributed by atoms with Gasteiger partial charge in [0, 0.05) is 22.9 Å². The molecule has 2 N–H and O–H groups in total. The Hall–Kier alpha value is -1.24. The number of hydrogen-bond acceptors (Lipinski definition) is 5. The van der Waals surface area contributed by atoms with Gasteiger partial charge in [0.1, 0.15) is 9.88 Å². The maximum Gasteiger partial charge on any atom is 0.263 e. The molecule has 0 unspecified atom stereocenters. The van der Waals surface area contributed by atoms with E-state index in [1.165, 1.54) is 11.3 Å². The van der Waals surface area contributed by atoms with Crippen LogP contribution >= 0.6 is 22.7 Å². The Morgan fingerprint density at radius 1 is 1.43 bits per heavy atom. The molecule has 0 fully saturated rings. The zero-order valence-corrected chi connectivity index (χ0v) is 13.9. The molecule has 0 aliphatic heterocycles. The van der Waals surface area contributed by atoms with E-state index in [4.69, 9.17) is 0 Å². The summed E-state index contributed by atoms with van der Waals surface area (Å²) in [5, 5.41) is 17.3. The predicted octanol–water partition coefficient (Wildman–Crippen LogP) is 3.40. The quantitative estimate of drug-likeness (QED) is 0.820. The lowest BCUT2D eigenvalue weighted by Crippen LogP contribution is -2.39. The number of aliphatic hydroxyl groups excluding tert-OH is 1. The summed E-state index contributed by atoms with van der Waals surface area (Å²) in [6.07, 6.45) is 3.29. The molecular weight excluding hydrogens is 304 g/mol. The number of carbonyl (C=O) groups is 1. The molecule has 0 radical (unpaired) electrons. The van der Waals surface area contributed by atoms with E-state index in [2.05, 4.69) is 10.3 Å². The van der Waals surface area contributed by atoms with E-state index in [1.54, 1.807) is 17.5 Å². The Labute approximate surface area is 132 Å². The number of nitrogens with zero attached hydrogens (tertiary/aromatic N) is 1. The van der Waals surface area contributed by atoms with Gasteiger partial charge in [-0.15, -0.1) is 11.3 Å². The second-order valence-corrected chi connectivity index (χ2v) is 6.90. The molecule has 0 saturated carbocycles. The summed E-state index contributed by atoms with van der Waals surface area (Å²) in [5.74, 6) is -0.117. The van der Waals surface area contributed by atoms with Crippen molar-refractivity contribution in [2.75, 3.05) is 13.2 Å². The average molecular weight is 324 g/mol. The fourth-order valence-electron chi connectivity index (χ4n) is 2.03. The molecular formula is C15H20N2O2S2. The second kappa shape index (κ2) is 7.15. The summed E-state index contributed by atoms with van der Waals surface area (Å²) >= 11 is 3.01. The van der Waals surface area contributed by atoms with E-state index in [9.17, 15) is 9.90 Å². The third-order valence-corrected chi connectivity index (χ3v) is 5.69. The Morgan fingerprint density at radius 3 is 2.76 bits per heavy atom. The van der Waals surface area contributed by atoms with Crippen LogP contribution in [-0.4, -0.2) is 29.1 Å². The molecule has 2 rings (SSSR count). The van der Waals surface area contributed by atoms with E-state index < -0.39 is 0 Å². The first kappa shape index (κ1) is 16.1. The van der Waals surface area contributed by atoms with Crippen LogP contribution in [0.25, 0.3) is 10.6 Å². The predicted molar refractivity (Wildman–Crippen MR) is 87.9 cm³/mol. The SMILES string of the molecule is CCC(CC)(CO)CNC(=O)c1cnc(-c2ccsc2)s1. The van der Waals surface area contributed by atoms with Crippen LogP contribution in [0.15, 0.2) is 23.0 Å². The van der Waals surface area contributed by atoms with Crippen molar-refractivity contribution in [3.8, 4) is 10.6 Å². The molecule has 6 heteroatoms. The number of hydrogen-bond donors (Lipinski definition) is 2. The zero-order chi connectivity index (χ0) is 15.3. The first-order valence-corrected chi connectivity index (χ1v) is 8.77. The molecule has 0 aromatic carbocycles. The molecule has 0 atom stereocenters. The largest absolute Gasteiger partial charge is 0.396 e. The van der Waals surface area contributed by atoms with Crippen LogP contribution < -0.4 is 5.32 Å². The van der Waals surface area contributed by atoms with Gasteiger partial charge in [0.25, 0.3) is 5.91 Å². The normalized spacial score (nSPS) is 11.6. The third-order valence-electron chi connectivity index (χ3n) is 3.96. The van der Waals surface area contributed by atoms with E-state index in [0.29, 0.717) is 11.4 Å². The van der Waals surface area contributed by atoms with Crippen LogP contribution in [0.4, 0.5) is 0 Å². The van der Waals surface area contributed by atoms with Crippen LogP contribution in [0.3, 0.4) is 0 Å². The molecule has 0 aliphatic rings. The lowest BCUT2D eigenvalue weighted by molar-refractivity contribution is 0.0854. The molecule has 0 spiro atoms. The highest BCUT2D eigenvalue weighted by Gasteiger charge is 2.26. The molecule has 2 heterocycles. The van der Waals surface area contributed by atoms with Crippen LogP contribution in [0.5, 0.6) is 0 Å². The number of thiazole rings is 1. The first-order valence-electron chi connectivity index (χ1n) is 7.01. The lowest BCUT2D eigenvalue weighted by Gasteiger charge is -2.29.